The van der Waals surface area contributed by atoms with Crippen LogP contribution in [0.3, 0.4) is 0 Å². The zero-order chi connectivity index (χ0) is 16.8. The first-order valence-corrected chi connectivity index (χ1v) is 7.72. The Bertz CT molecular complexity index is 718. The molecule has 0 N–H and O–H groups in total. The van der Waals surface area contributed by atoms with Crippen LogP contribution in [0.5, 0.6) is 5.75 Å². The zero-order valence-corrected chi connectivity index (χ0v) is 14.2. The first-order chi connectivity index (χ1) is 11.0. The van der Waals surface area contributed by atoms with Crippen LogP contribution in [0.25, 0.3) is 16.7 Å². The van der Waals surface area contributed by atoms with Crippen molar-refractivity contribution in [3.63, 3.8) is 0 Å². The van der Waals surface area contributed by atoms with Crippen LogP contribution >= 0.6 is 11.6 Å². The Morgan fingerprint density at radius 1 is 1.17 bits per heavy atom. The van der Waals surface area contributed by atoms with Gasteiger partial charge < -0.3 is 9.47 Å². The van der Waals surface area contributed by atoms with Crippen LogP contribution in [0.1, 0.15) is 19.4 Å². The summed E-state index contributed by atoms with van der Waals surface area (Å²) in [5, 5.41) is 0.656. The molecular formula is C19H19ClO3. The van der Waals surface area contributed by atoms with Gasteiger partial charge in [-0.15, -0.1) is 0 Å². The molecule has 4 heteroatoms. The van der Waals surface area contributed by atoms with Gasteiger partial charge in [0, 0.05) is 16.7 Å². The third kappa shape index (κ3) is 4.36. The fraction of sp³-hybridized carbons (Fsp3) is 0.211. The Kier molecular flexibility index (Phi) is 5.83. The third-order valence-electron chi connectivity index (χ3n) is 3.43. The van der Waals surface area contributed by atoms with Gasteiger partial charge in [0.2, 0.25) is 0 Å². The largest absolute Gasteiger partial charge is 0.496 e. The monoisotopic (exact) mass is 330 g/mol. The van der Waals surface area contributed by atoms with Crippen LogP contribution in [0.2, 0.25) is 5.02 Å². The minimum absolute atomic E-state index is 0.328. The van der Waals surface area contributed by atoms with Crippen molar-refractivity contribution in [2.24, 2.45) is 0 Å². The number of hydrogen-bond acceptors (Lipinski definition) is 3. The standard InChI is InChI=1S/C19H19ClO3/c1-4-23-19(21)11-13(2)14-5-7-15(8-6-14)17-12-16(20)9-10-18(17)22-3/h5-12H,4H2,1-3H3. The highest BCUT2D eigenvalue weighted by Crippen LogP contribution is 2.33. The number of carbonyl (C=O) groups excluding carboxylic acids is 1. The molecule has 0 aromatic heterocycles. The Morgan fingerprint density at radius 2 is 1.87 bits per heavy atom. The molecule has 2 aromatic rings. The summed E-state index contributed by atoms with van der Waals surface area (Å²) < 4.78 is 10.3. The van der Waals surface area contributed by atoms with E-state index in [1.165, 1.54) is 6.08 Å². The van der Waals surface area contributed by atoms with E-state index >= 15 is 0 Å². The van der Waals surface area contributed by atoms with Gasteiger partial charge >= 0.3 is 5.97 Å². The topological polar surface area (TPSA) is 35.5 Å². The molecule has 120 valence electrons. The number of allylic oxidation sites excluding steroid dienone is 1. The third-order valence-corrected chi connectivity index (χ3v) is 3.67. The first kappa shape index (κ1) is 17.1. The van der Waals surface area contributed by atoms with E-state index in [4.69, 9.17) is 21.1 Å². The predicted molar refractivity (Wildman–Crippen MR) is 93.7 cm³/mol. The van der Waals surface area contributed by atoms with E-state index in [0.717, 1.165) is 28.0 Å². The molecule has 23 heavy (non-hydrogen) atoms. The van der Waals surface area contributed by atoms with Crippen LogP contribution in [-0.2, 0) is 9.53 Å². The zero-order valence-electron chi connectivity index (χ0n) is 13.4. The van der Waals surface area contributed by atoms with Crippen LogP contribution in [0.15, 0.2) is 48.5 Å². The lowest BCUT2D eigenvalue weighted by atomic mass is 10.00. The van der Waals surface area contributed by atoms with Gasteiger partial charge in [0.25, 0.3) is 0 Å². The number of benzene rings is 2. The van der Waals surface area contributed by atoms with Gasteiger partial charge in [-0.3, -0.25) is 0 Å². The summed E-state index contributed by atoms with van der Waals surface area (Å²) in [5.74, 6) is 0.437. The Balaban J connectivity index is 2.30. The molecule has 0 amide bonds. The van der Waals surface area contributed by atoms with Crippen molar-refractivity contribution in [1.29, 1.82) is 0 Å². The van der Waals surface area contributed by atoms with Gasteiger partial charge in [0.15, 0.2) is 0 Å². The number of ether oxygens (including phenoxy) is 2. The first-order valence-electron chi connectivity index (χ1n) is 7.34. The predicted octanol–water partition coefficient (Wildman–Crippen LogP) is 4.98. The Morgan fingerprint density at radius 3 is 2.48 bits per heavy atom. The van der Waals surface area contributed by atoms with Gasteiger partial charge in [-0.2, -0.15) is 0 Å². The lowest BCUT2D eigenvalue weighted by Gasteiger charge is -2.10. The SMILES string of the molecule is CCOC(=O)C=C(C)c1ccc(-c2cc(Cl)ccc2OC)cc1. The molecule has 0 fully saturated rings. The van der Waals surface area contributed by atoms with E-state index in [2.05, 4.69) is 0 Å². The van der Waals surface area contributed by atoms with E-state index < -0.39 is 0 Å². The van der Waals surface area contributed by atoms with Gasteiger partial charge in [-0.25, -0.2) is 4.79 Å². The van der Waals surface area contributed by atoms with Crippen LogP contribution < -0.4 is 4.74 Å². The Hall–Kier alpha value is -2.26. The molecule has 0 radical (unpaired) electrons. The minimum Gasteiger partial charge on any atom is -0.496 e. The van der Waals surface area contributed by atoms with Gasteiger partial charge in [0.05, 0.1) is 13.7 Å². The lowest BCUT2D eigenvalue weighted by molar-refractivity contribution is -0.137. The maximum absolute atomic E-state index is 11.5. The van der Waals surface area contributed by atoms with Crippen molar-refractivity contribution in [3.05, 3.63) is 59.1 Å². The minimum atomic E-state index is -0.328. The number of rotatable bonds is 5. The lowest BCUT2D eigenvalue weighted by Crippen LogP contribution is -2.00. The smallest absolute Gasteiger partial charge is 0.331 e. The van der Waals surface area contributed by atoms with Crippen molar-refractivity contribution in [2.45, 2.75) is 13.8 Å². The fourth-order valence-electron chi connectivity index (χ4n) is 2.26. The summed E-state index contributed by atoms with van der Waals surface area (Å²) in [6.45, 7) is 4.04. The van der Waals surface area contributed by atoms with Crippen LogP contribution in [0, 0.1) is 0 Å². The highest BCUT2D eigenvalue weighted by atomic mass is 35.5. The summed E-state index contributed by atoms with van der Waals surface area (Å²) in [6.07, 6.45) is 1.50. The summed E-state index contributed by atoms with van der Waals surface area (Å²) in [5.41, 5.74) is 3.74. The molecule has 2 rings (SSSR count). The maximum Gasteiger partial charge on any atom is 0.331 e. The quantitative estimate of drug-likeness (QED) is 0.572. The summed E-state index contributed by atoms with van der Waals surface area (Å²) in [7, 11) is 1.63. The molecule has 0 aliphatic carbocycles. The summed E-state index contributed by atoms with van der Waals surface area (Å²) in [6, 6.07) is 13.4. The van der Waals surface area contributed by atoms with E-state index in [1.807, 2.05) is 43.3 Å². The Labute approximate surface area is 141 Å². The molecule has 0 bridgehead atoms. The van der Waals surface area contributed by atoms with Crippen molar-refractivity contribution >= 4 is 23.1 Å². The van der Waals surface area contributed by atoms with E-state index in [9.17, 15) is 4.79 Å². The van der Waals surface area contributed by atoms with E-state index in [-0.39, 0.29) is 5.97 Å². The summed E-state index contributed by atoms with van der Waals surface area (Å²) >= 11 is 6.08. The average Bonchev–Trinajstić information content (AvgIpc) is 2.55. The molecule has 0 atom stereocenters. The molecule has 0 heterocycles. The second-order valence-corrected chi connectivity index (χ2v) is 5.44. The molecule has 3 nitrogen and oxygen atoms in total. The molecule has 0 saturated heterocycles. The van der Waals surface area contributed by atoms with Crippen molar-refractivity contribution in [3.8, 4) is 16.9 Å². The molecule has 0 spiro atoms. The number of carbonyl (C=O) groups is 1. The highest BCUT2D eigenvalue weighted by Gasteiger charge is 2.07. The van der Waals surface area contributed by atoms with Gasteiger partial charge in [0.1, 0.15) is 5.75 Å². The van der Waals surface area contributed by atoms with Gasteiger partial charge in [-0.05, 0) is 48.7 Å². The second kappa shape index (κ2) is 7.84. The normalized spacial score (nSPS) is 11.2. The van der Waals surface area contributed by atoms with Crippen LogP contribution in [-0.4, -0.2) is 19.7 Å². The highest BCUT2D eigenvalue weighted by molar-refractivity contribution is 6.31. The molecular weight excluding hydrogens is 312 g/mol. The van der Waals surface area contributed by atoms with Crippen LogP contribution in [0.4, 0.5) is 0 Å². The summed E-state index contributed by atoms with van der Waals surface area (Å²) in [4.78, 5) is 11.5. The number of methoxy groups -OCH3 is 1. The molecule has 0 aliphatic heterocycles. The number of halogens is 1. The molecule has 0 unspecified atom stereocenters. The average molecular weight is 331 g/mol. The fourth-order valence-corrected chi connectivity index (χ4v) is 2.43. The molecule has 2 aromatic carbocycles. The van der Waals surface area contributed by atoms with E-state index in [0.29, 0.717) is 11.6 Å². The maximum atomic E-state index is 11.5. The van der Waals surface area contributed by atoms with Crippen molar-refractivity contribution in [1.82, 2.24) is 0 Å². The number of hydrogen-bond donors (Lipinski definition) is 0. The number of esters is 1. The van der Waals surface area contributed by atoms with Crippen molar-refractivity contribution in [2.75, 3.05) is 13.7 Å². The molecule has 0 aliphatic rings. The van der Waals surface area contributed by atoms with Crippen molar-refractivity contribution < 1.29 is 14.3 Å². The molecule has 0 saturated carbocycles. The van der Waals surface area contributed by atoms with Gasteiger partial charge in [-0.1, -0.05) is 35.9 Å². The second-order valence-electron chi connectivity index (χ2n) is 5.00. The van der Waals surface area contributed by atoms with E-state index in [1.54, 1.807) is 20.1 Å².